The smallest absolute Gasteiger partial charge is 0.365 e. The van der Waals surface area contributed by atoms with Crippen molar-refractivity contribution < 1.29 is 18.0 Å². The van der Waals surface area contributed by atoms with Gasteiger partial charge in [-0.05, 0) is 32.4 Å². The summed E-state index contributed by atoms with van der Waals surface area (Å²) in [4.78, 5) is 25.6. The lowest BCUT2D eigenvalue weighted by Crippen LogP contribution is -2.29. The molecule has 2 aromatic heterocycles. The average Bonchev–Trinajstić information content (AvgIpc) is 3.05. The molecule has 1 saturated heterocycles. The molecule has 0 spiro atoms. The van der Waals surface area contributed by atoms with Crippen LogP contribution in [0, 0.1) is 13.8 Å². The Morgan fingerprint density at radius 3 is 2.63 bits per heavy atom. The Morgan fingerprint density at radius 1 is 1.30 bits per heavy atom. The largest absolute Gasteiger partial charge is 0.417 e. The number of carbonyl (C=O) groups is 1. The van der Waals surface area contributed by atoms with E-state index in [0.717, 1.165) is 24.2 Å². The van der Waals surface area contributed by atoms with Crippen molar-refractivity contribution in [3.63, 3.8) is 0 Å². The van der Waals surface area contributed by atoms with E-state index < -0.39 is 17.6 Å². The Kier molecular flexibility index (Phi) is 4.90. The minimum Gasteiger partial charge on any atom is -0.365 e. The summed E-state index contributed by atoms with van der Waals surface area (Å²) in [7, 11) is 0. The summed E-state index contributed by atoms with van der Waals surface area (Å²) in [5.41, 5.74) is 6.03. The molecule has 1 aliphatic rings. The molecule has 1 fully saturated rings. The first-order chi connectivity index (χ1) is 12.6. The van der Waals surface area contributed by atoms with E-state index in [9.17, 15) is 18.0 Å². The van der Waals surface area contributed by atoms with Crippen molar-refractivity contribution in [2.45, 2.75) is 32.5 Å². The molecule has 3 rings (SSSR count). The van der Waals surface area contributed by atoms with E-state index in [0.29, 0.717) is 30.4 Å². The Bertz CT molecular complexity index is 853. The van der Waals surface area contributed by atoms with Gasteiger partial charge >= 0.3 is 6.18 Å². The standard InChI is InChI=1S/C17H19F3N6O/c1-9-10(2)23-15(14(21)27)25-16(9)26-6-5-12(8-26)24-13-4-3-11(7-22-13)17(18,19)20/h3-4,7,12H,5-6,8H2,1-2H3,(H2,21,27)(H,22,24)/t12-/m1/s1. The number of aryl methyl sites for hydroxylation is 1. The molecule has 0 radical (unpaired) electrons. The van der Waals surface area contributed by atoms with Gasteiger partial charge in [-0.15, -0.1) is 0 Å². The lowest BCUT2D eigenvalue weighted by atomic mass is 10.2. The van der Waals surface area contributed by atoms with Crippen LogP contribution in [-0.2, 0) is 6.18 Å². The van der Waals surface area contributed by atoms with E-state index in [1.807, 2.05) is 11.8 Å². The highest BCUT2D eigenvalue weighted by atomic mass is 19.4. The van der Waals surface area contributed by atoms with Crippen LogP contribution in [0.15, 0.2) is 18.3 Å². The van der Waals surface area contributed by atoms with Crippen LogP contribution >= 0.6 is 0 Å². The number of aromatic nitrogens is 3. The van der Waals surface area contributed by atoms with E-state index in [1.165, 1.54) is 6.07 Å². The first-order valence-corrected chi connectivity index (χ1v) is 8.35. The molecule has 1 amide bonds. The third-order valence-corrected chi connectivity index (χ3v) is 4.51. The fraction of sp³-hybridized carbons (Fsp3) is 0.412. The number of amides is 1. The molecule has 1 atom stereocenters. The van der Waals surface area contributed by atoms with Gasteiger partial charge in [-0.1, -0.05) is 0 Å². The van der Waals surface area contributed by atoms with Crippen molar-refractivity contribution in [1.29, 1.82) is 0 Å². The number of carbonyl (C=O) groups excluding carboxylic acids is 1. The van der Waals surface area contributed by atoms with Gasteiger partial charge < -0.3 is 16.0 Å². The molecule has 0 aromatic carbocycles. The van der Waals surface area contributed by atoms with Crippen LogP contribution in [0.4, 0.5) is 24.8 Å². The topological polar surface area (TPSA) is 97.0 Å². The summed E-state index contributed by atoms with van der Waals surface area (Å²) in [5.74, 6) is 0.292. The Hall–Kier alpha value is -2.91. The minimum atomic E-state index is -4.41. The van der Waals surface area contributed by atoms with Crippen molar-refractivity contribution >= 4 is 17.5 Å². The molecule has 0 saturated carbocycles. The number of nitrogens with one attached hydrogen (secondary N) is 1. The molecular formula is C17H19F3N6O. The van der Waals surface area contributed by atoms with Gasteiger partial charge in [0.05, 0.1) is 5.56 Å². The predicted octanol–water partition coefficient (Wildman–Crippen LogP) is 2.30. The van der Waals surface area contributed by atoms with Crippen LogP contribution < -0.4 is 16.0 Å². The van der Waals surface area contributed by atoms with Gasteiger partial charge in [-0.2, -0.15) is 13.2 Å². The number of nitrogens with zero attached hydrogens (tertiary/aromatic N) is 4. The lowest BCUT2D eigenvalue weighted by molar-refractivity contribution is -0.137. The molecule has 144 valence electrons. The Labute approximate surface area is 153 Å². The van der Waals surface area contributed by atoms with Gasteiger partial charge in [0.1, 0.15) is 11.6 Å². The summed E-state index contributed by atoms with van der Waals surface area (Å²) in [6.07, 6.45) is -2.85. The van der Waals surface area contributed by atoms with E-state index in [1.54, 1.807) is 6.92 Å². The van der Waals surface area contributed by atoms with Crippen LogP contribution in [0.1, 0.15) is 33.9 Å². The minimum absolute atomic E-state index is 0.0130. The predicted molar refractivity (Wildman–Crippen MR) is 93.5 cm³/mol. The fourth-order valence-electron chi connectivity index (χ4n) is 2.96. The number of hydrogen-bond donors (Lipinski definition) is 2. The van der Waals surface area contributed by atoms with Crippen LogP contribution in [-0.4, -0.2) is 40.0 Å². The molecule has 3 N–H and O–H groups in total. The SMILES string of the molecule is Cc1nc(C(N)=O)nc(N2CC[C@@H](Nc3ccc(C(F)(F)F)cn3)C2)c1C. The number of nitrogens with two attached hydrogens (primary N) is 1. The van der Waals surface area contributed by atoms with Crippen molar-refractivity contribution in [1.82, 2.24) is 15.0 Å². The maximum absolute atomic E-state index is 12.6. The van der Waals surface area contributed by atoms with E-state index in [-0.39, 0.29) is 11.9 Å². The van der Waals surface area contributed by atoms with Crippen LogP contribution in [0.3, 0.4) is 0 Å². The molecule has 1 aliphatic heterocycles. The summed E-state index contributed by atoms with van der Waals surface area (Å²) in [5, 5.41) is 3.14. The van der Waals surface area contributed by atoms with E-state index >= 15 is 0 Å². The van der Waals surface area contributed by atoms with Crippen molar-refractivity contribution in [2.24, 2.45) is 5.73 Å². The number of rotatable bonds is 4. The van der Waals surface area contributed by atoms with Crippen LogP contribution in [0.2, 0.25) is 0 Å². The number of halogens is 3. The monoisotopic (exact) mass is 380 g/mol. The first-order valence-electron chi connectivity index (χ1n) is 8.35. The highest BCUT2D eigenvalue weighted by Gasteiger charge is 2.31. The molecule has 2 aromatic rings. The zero-order valence-electron chi connectivity index (χ0n) is 14.8. The fourth-order valence-corrected chi connectivity index (χ4v) is 2.96. The summed E-state index contributed by atoms with van der Waals surface area (Å²) < 4.78 is 37.8. The normalized spacial score (nSPS) is 17.2. The quantitative estimate of drug-likeness (QED) is 0.845. The molecule has 0 unspecified atom stereocenters. The molecule has 10 heteroatoms. The van der Waals surface area contributed by atoms with Crippen molar-refractivity contribution in [3.05, 3.63) is 41.0 Å². The summed E-state index contributed by atoms with van der Waals surface area (Å²) >= 11 is 0. The van der Waals surface area contributed by atoms with Crippen molar-refractivity contribution in [3.8, 4) is 0 Å². The zero-order valence-corrected chi connectivity index (χ0v) is 14.8. The van der Waals surface area contributed by atoms with Crippen LogP contribution in [0.5, 0.6) is 0 Å². The van der Waals surface area contributed by atoms with Gasteiger partial charge in [0.2, 0.25) is 5.82 Å². The lowest BCUT2D eigenvalue weighted by Gasteiger charge is -2.21. The molecular weight excluding hydrogens is 361 g/mol. The van der Waals surface area contributed by atoms with Gasteiger partial charge in [0.15, 0.2) is 0 Å². The molecule has 7 nitrogen and oxygen atoms in total. The Morgan fingerprint density at radius 2 is 2.04 bits per heavy atom. The van der Waals surface area contributed by atoms with Gasteiger partial charge in [0, 0.05) is 36.6 Å². The number of alkyl halides is 3. The Balaban J connectivity index is 1.71. The molecule has 3 heterocycles. The number of anilines is 2. The second kappa shape index (κ2) is 7.01. The number of hydrogen-bond acceptors (Lipinski definition) is 6. The maximum Gasteiger partial charge on any atom is 0.417 e. The highest BCUT2D eigenvalue weighted by Crippen LogP contribution is 2.29. The second-order valence-corrected chi connectivity index (χ2v) is 6.45. The highest BCUT2D eigenvalue weighted by molar-refractivity contribution is 5.89. The second-order valence-electron chi connectivity index (χ2n) is 6.45. The molecule has 0 bridgehead atoms. The average molecular weight is 380 g/mol. The molecule has 0 aliphatic carbocycles. The maximum atomic E-state index is 12.6. The van der Waals surface area contributed by atoms with Gasteiger partial charge in [-0.3, -0.25) is 4.79 Å². The summed E-state index contributed by atoms with van der Waals surface area (Å²) in [6, 6.07) is 2.30. The van der Waals surface area contributed by atoms with E-state index in [4.69, 9.17) is 5.73 Å². The summed E-state index contributed by atoms with van der Waals surface area (Å²) in [6.45, 7) is 4.89. The number of pyridine rings is 1. The molecule has 27 heavy (non-hydrogen) atoms. The third kappa shape index (κ3) is 4.09. The van der Waals surface area contributed by atoms with E-state index in [2.05, 4.69) is 20.3 Å². The zero-order chi connectivity index (χ0) is 19.8. The third-order valence-electron chi connectivity index (χ3n) is 4.51. The van der Waals surface area contributed by atoms with Gasteiger partial charge in [0.25, 0.3) is 5.91 Å². The number of primary amides is 1. The van der Waals surface area contributed by atoms with Crippen LogP contribution in [0.25, 0.3) is 0 Å². The van der Waals surface area contributed by atoms with Gasteiger partial charge in [-0.25, -0.2) is 15.0 Å². The van der Waals surface area contributed by atoms with Crippen molar-refractivity contribution in [2.75, 3.05) is 23.3 Å². The first kappa shape index (κ1) is 18.9.